The first-order valence-electron chi connectivity index (χ1n) is 5.70. The minimum Gasteiger partial charge on any atom is -0.339 e. The molecule has 1 aliphatic carbocycles. The summed E-state index contributed by atoms with van der Waals surface area (Å²) in [5.41, 5.74) is 1.76. The third-order valence-electron chi connectivity index (χ3n) is 3.17. The predicted octanol–water partition coefficient (Wildman–Crippen LogP) is 3.36. The quantitative estimate of drug-likeness (QED) is 0.766. The third-order valence-corrected chi connectivity index (χ3v) is 3.56. The summed E-state index contributed by atoms with van der Waals surface area (Å²) in [6, 6.07) is 1.92. The molecule has 88 valence electrons. The van der Waals surface area contributed by atoms with Crippen molar-refractivity contribution in [3.63, 3.8) is 0 Å². The maximum Gasteiger partial charge on any atom is 0.230 e. The van der Waals surface area contributed by atoms with Gasteiger partial charge in [-0.1, -0.05) is 23.2 Å². The number of nitrogens with zero attached hydrogens (tertiary/aromatic N) is 3. The molecular weight excluding hydrogens is 238 g/mol. The maximum atomic E-state index is 5.88. The molecule has 1 aliphatic rings. The smallest absolute Gasteiger partial charge is 0.230 e. The second-order valence-corrected chi connectivity index (χ2v) is 4.77. The first-order valence-corrected chi connectivity index (χ1v) is 6.08. The highest BCUT2D eigenvalue weighted by Gasteiger charge is 2.25. The molecule has 0 unspecified atom stereocenters. The van der Waals surface area contributed by atoms with Crippen molar-refractivity contribution in [3.8, 4) is 11.4 Å². The number of aryl methyl sites for hydroxylation is 1. The molecule has 2 heterocycles. The van der Waals surface area contributed by atoms with Gasteiger partial charge in [-0.05, 0) is 31.4 Å². The lowest BCUT2D eigenvalue weighted by atomic mass is 9.85. The van der Waals surface area contributed by atoms with Crippen LogP contribution in [0.4, 0.5) is 0 Å². The summed E-state index contributed by atoms with van der Waals surface area (Å²) in [5, 5.41) is 4.50. The number of aromatic nitrogens is 3. The molecule has 2 aromatic rings. The fourth-order valence-corrected chi connectivity index (χ4v) is 1.96. The van der Waals surface area contributed by atoms with Gasteiger partial charge in [-0.15, -0.1) is 0 Å². The van der Waals surface area contributed by atoms with E-state index < -0.39 is 0 Å². The summed E-state index contributed by atoms with van der Waals surface area (Å²) in [5.74, 6) is 1.80. The van der Waals surface area contributed by atoms with Gasteiger partial charge >= 0.3 is 0 Å². The second-order valence-electron chi connectivity index (χ2n) is 4.42. The summed E-state index contributed by atoms with van der Waals surface area (Å²) < 4.78 is 5.27. The molecule has 0 radical (unpaired) electrons. The Kier molecular flexibility index (Phi) is 2.59. The highest BCUT2D eigenvalue weighted by molar-refractivity contribution is 6.30. The van der Waals surface area contributed by atoms with Crippen LogP contribution in [0, 0.1) is 6.92 Å². The Morgan fingerprint density at radius 3 is 2.88 bits per heavy atom. The van der Waals surface area contributed by atoms with E-state index in [9.17, 15) is 0 Å². The van der Waals surface area contributed by atoms with Crippen molar-refractivity contribution in [2.24, 2.45) is 0 Å². The Hall–Kier alpha value is -1.42. The summed E-state index contributed by atoms with van der Waals surface area (Å²) in [6.45, 7) is 1.91. The van der Waals surface area contributed by atoms with E-state index in [1.165, 1.54) is 6.42 Å². The number of pyridine rings is 1. The Morgan fingerprint density at radius 1 is 1.41 bits per heavy atom. The summed E-state index contributed by atoms with van der Waals surface area (Å²) >= 11 is 5.88. The van der Waals surface area contributed by atoms with Gasteiger partial charge in [-0.2, -0.15) is 4.98 Å². The Balaban J connectivity index is 1.92. The Labute approximate surface area is 104 Å². The first kappa shape index (κ1) is 10.7. The monoisotopic (exact) mass is 249 g/mol. The van der Waals surface area contributed by atoms with Crippen LogP contribution in [0.15, 0.2) is 16.8 Å². The highest BCUT2D eigenvalue weighted by Crippen LogP contribution is 2.36. The van der Waals surface area contributed by atoms with Gasteiger partial charge in [0.05, 0.1) is 0 Å². The Morgan fingerprint density at radius 2 is 2.24 bits per heavy atom. The van der Waals surface area contributed by atoms with E-state index in [0.29, 0.717) is 16.9 Å². The van der Waals surface area contributed by atoms with Gasteiger partial charge < -0.3 is 4.52 Å². The van der Waals surface area contributed by atoms with Gasteiger partial charge in [0, 0.05) is 17.7 Å². The van der Waals surface area contributed by atoms with Gasteiger partial charge in [0.25, 0.3) is 0 Å². The zero-order valence-corrected chi connectivity index (χ0v) is 10.2. The molecule has 0 aromatic carbocycles. The molecule has 4 nitrogen and oxygen atoms in total. The molecule has 1 fully saturated rings. The van der Waals surface area contributed by atoms with Gasteiger partial charge in [0.1, 0.15) is 5.15 Å². The summed E-state index contributed by atoms with van der Waals surface area (Å²) in [6.07, 6.45) is 5.23. The molecule has 5 heteroatoms. The lowest BCUT2D eigenvalue weighted by Crippen LogP contribution is -2.08. The van der Waals surface area contributed by atoms with E-state index in [2.05, 4.69) is 15.1 Å². The highest BCUT2D eigenvalue weighted by atomic mass is 35.5. The van der Waals surface area contributed by atoms with Gasteiger partial charge in [0.2, 0.25) is 11.7 Å². The average Bonchev–Trinajstić information content (AvgIpc) is 2.69. The lowest BCUT2D eigenvalue weighted by molar-refractivity contribution is 0.292. The number of halogens is 1. The minimum atomic E-state index is 0.456. The van der Waals surface area contributed by atoms with E-state index in [1.807, 2.05) is 13.0 Å². The van der Waals surface area contributed by atoms with Crippen LogP contribution in [0.3, 0.4) is 0 Å². The van der Waals surface area contributed by atoms with Crippen LogP contribution in [-0.2, 0) is 0 Å². The van der Waals surface area contributed by atoms with Crippen molar-refractivity contribution in [1.29, 1.82) is 0 Å². The van der Waals surface area contributed by atoms with Crippen LogP contribution >= 0.6 is 11.6 Å². The van der Waals surface area contributed by atoms with E-state index in [1.54, 1.807) is 6.20 Å². The van der Waals surface area contributed by atoms with Crippen LogP contribution < -0.4 is 0 Å². The van der Waals surface area contributed by atoms with E-state index in [4.69, 9.17) is 16.1 Å². The van der Waals surface area contributed by atoms with Crippen molar-refractivity contribution < 1.29 is 4.52 Å². The largest absolute Gasteiger partial charge is 0.339 e. The molecule has 0 atom stereocenters. The van der Waals surface area contributed by atoms with Crippen LogP contribution in [0.5, 0.6) is 0 Å². The van der Waals surface area contributed by atoms with E-state index in [0.717, 1.165) is 29.9 Å². The van der Waals surface area contributed by atoms with Crippen LogP contribution in [0.1, 0.15) is 36.6 Å². The van der Waals surface area contributed by atoms with E-state index >= 15 is 0 Å². The zero-order chi connectivity index (χ0) is 11.8. The normalized spacial score (nSPS) is 15.9. The first-order chi connectivity index (χ1) is 8.24. The van der Waals surface area contributed by atoms with Crippen LogP contribution in [-0.4, -0.2) is 15.1 Å². The SMILES string of the molecule is Cc1cc(-c2noc(C3CCC3)n2)cnc1Cl. The fourth-order valence-electron chi connectivity index (χ4n) is 1.85. The molecule has 17 heavy (non-hydrogen) atoms. The van der Waals surface area contributed by atoms with Crippen molar-refractivity contribution >= 4 is 11.6 Å². The average molecular weight is 250 g/mol. The standard InChI is InChI=1S/C12H12ClN3O/c1-7-5-9(6-14-10(7)13)11-15-12(17-16-11)8-3-2-4-8/h5-6,8H,2-4H2,1H3. The molecule has 0 amide bonds. The summed E-state index contributed by atoms with van der Waals surface area (Å²) in [4.78, 5) is 8.50. The van der Waals surface area contributed by atoms with Crippen molar-refractivity contribution in [3.05, 3.63) is 28.9 Å². The lowest BCUT2D eigenvalue weighted by Gasteiger charge is -2.20. The molecule has 2 aromatic heterocycles. The van der Waals surface area contributed by atoms with Crippen molar-refractivity contribution in [2.75, 3.05) is 0 Å². The Bertz CT molecular complexity index is 548. The maximum absolute atomic E-state index is 5.88. The molecule has 0 bridgehead atoms. The second kappa shape index (κ2) is 4.11. The van der Waals surface area contributed by atoms with Gasteiger partial charge in [0.15, 0.2) is 0 Å². The molecule has 0 saturated heterocycles. The fraction of sp³-hybridized carbons (Fsp3) is 0.417. The number of hydrogen-bond acceptors (Lipinski definition) is 4. The molecule has 0 spiro atoms. The van der Waals surface area contributed by atoms with Crippen LogP contribution in [0.25, 0.3) is 11.4 Å². The van der Waals surface area contributed by atoms with Gasteiger partial charge in [-0.3, -0.25) is 0 Å². The topological polar surface area (TPSA) is 51.8 Å². The molecule has 3 rings (SSSR count). The number of rotatable bonds is 2. The molecular formula is C12H12ClN3O. The van der Waals surface area contributed by atoms with Gasteiger partial charge in [-0.25, -0.2) is 4.98 Å². The molecule has 1 saturated carbocycles. The summed E-state index contributed by atoms with van der Waals surface area (Å²) in [7, 11) is 0. The van der Waals surface area contributed by atoms with Crippen molar-refractivity contribution in [1.82, 2.24) is 15.1 Å². The van der Waals surface area contributed by atoms with Crippen molar-refractivity contribution in [2.45, 2.75) is 32.1 Å². The minimum absolute atomic E-state index is 0.456. The predicted molar refractivity (Wildman–Crippen MR) is 63.9 cm³/mol. The molecule has 0 aliphatic heterocycles. The zero-order valence-electron chi connectivity index (χ0n) is 9.48. The third kappa shape index (κ3) is 1.93. The number of hydrogen-bond donors (Lipinski definition) is 0. The molecule has 0 N–H and O–H groups in total. The van der Waals surface area contributed by atoms with Crippen LogP contribution in [0.2, 0.25) is 5.15 Å². The van der Waals surface area contributed by atoms with E-state index in [-0.39, 0.29) is 0 Å².